The van der Waals surface area contributed by atoms with Gasteiger partial charge in [-0.25, -0.2) is 4.79 Å². The van der Waals surface area contributed by atoms with E-state index in [2.05, 4.69) is 0 Å². The summed E-state index contributed by atoms with van der Waals surface area (Å²) in [4.78, 5) is 48.7. The first-order chi connectivity index (χ1) is 9.91. The number of aliphatic carboxylic acids is 2. The van der Waals surface area contributed by atoms with Gasteiger partial charge in [0.2, 0.25) is 0 Å². The zero-order valence-corrected chi connectivity index (χ0v) is 11.5. The van der Waals surface area contributed by atoms with E-state index in [1.807, 2.05) is 0 Å². The first kappa shape index (κ1) is 15.3. The third kappa shape index (κ3) is 3.14. The molecule has 2 N–H and O–H groups in total. The largest absolute Gasteiger partial charge is 0.481 e. The summed E-state index contributed by atoms with van der Waals surface area (Å²) in [6.07, 6.45) is 2.03. The molecule has 116 valence electrons. The number of carbonyl (C=O) groups is 4. The number of rotatable bonds is 2. The average molecular weight is 298 g/mol. The van der Waals surface area contributed by atoms with Gasteiger partial charge in [-0.1, -0.05) is 0 Å². The van der Waals surface area contributed by atoms with Gasteiger partial charge in [0.25, 0.3) is 0 Å². The summed E-state index contributed by atoms with van der Waals surface area (Å²) in [5.74, 6) is -4.39. The molecule has 0 aromatic rings. The Labute approximate surface area is 121 Å². The Morgan fingerprint density at radius 2 is 1.57 bits per heavy atom. The van der Waals surface area contributed by atoms with Crippen molar-refractivity contribution in [3.63, 3.8) is 0 Å². The fourth-order valence-corrected chi connectivity index (χ4v) is 2.84. The van der Waals surface area contributed by atoms with E-state index in [1.165, 1.54) is 4.90 Å². The van der Waals surface area contributed by atoms with Gasteiger partial charge in [-0.15, -0.1) is 0 Å². The minimum Gasteiger partial charge on any atom is -0.481 e. The zero-order valence-electron chi connectivity index (χ0n) is 11.5. The third-order valence-electron chi connectivity index (χ3n) is 4.06. The lowest BCUT2D eigenvalue weighted by molar-refractivity contribution is -0.159. The Balaban J connectivity index is 2.03. The minimum atomic E-state index is -1.11. The van der Waals surface area contributed by atoms with Gasteiger partial charge < -0.3 is 20.0 Å². The van der Waals surface area contributed by atoms with E-state index in [1.54, 1.807) is 0 Å². The maximum atomic E-state index is 12.2. The fraction of sp³-hybridized carbons (Fsp3) is 0.692. The van der Waals surface area contributed by atoms with E-state index < -0.39 is 35.7 Å². The smallest absolute Gasteiger partial charge is 0.326 e. The van der Waals surface area contributed by atoms with Gasteiger partial charge in [0.15, 0.2) is 0 Å². The Morgan fingerprint density at radius 3 is 2.14 bits per heavy atom. The van der Waals surface area contributed by atoms with E-state index in [9.17, 15) is 19.2 Å². The van der Waals surface area contributed by atoms with Crippen LogP contribution in [0.5, 0.6) is 0 Å². The van der Waals surface area contributed by atoms with Crippen LogP contribution in [0.4, 0.5) is 0 Å². The summed E-state index contributed by atoms with van der Waals surface area (Å²) in [6.45, 7) is 0.469. The normalized spacial score (nSPS) is 25.7. The molecule has 8 heteroatoms. The van der Waals surface area contributed by atoms with Gasteiger partial charge in [0.05, 0.1) is 5.92 Å². The lowest BCUT2D eigenvalue weighted by atomic mass is 10.0. The maximum absolute atomic E-state index is 12.2. The summed E-state index contributed by atoms with van der Waals surface area (Å²) in [6, 6.07) is -0.965. The fourth-order valence-electron chi connectivity index (χ4n) is 2.84. The maximum Gasteiger partial charge on any atom is 0.326 e. The van der Waals surface area contributed by atoms with Crippen molar-refractivity contribution in [1.29, 1.82) is 0 Å². The van der Waals surface area contributed by atoms with Crippen molar-refractivity contribution >= 4 is 23.8 Å². The van der Waals surface area contributed by atoms with Crippen LogP contribution in [0.1, 0.15) is 25.7 Å². The SMILES string of the molecule is O=C(O)C1CCN(C(=O)C(=O)N2CCCC[C@@H]2C(=O)O)C1. The zero-order chi connectivity index (χ0) is 15.6. The van der Waals surface area contributed by atoms with Gasteiger partial charge in [-0.05, 0) is 25.7 Å². The number of piperidine rings is 1. The molecule has 2 rings (SSSR count). The quantitative estimate of drug-likeness (QED) is 0.657. The van der Waals surface area contributed by atoms with Gasteiger partial charge in [-0.2, -0.15) is 0 Å². The number of carbonyl (C=O) groups excluding carboxylic acids is 2. The lowest BCUT2D eigenvalue weighted by Crippen LogP contribution is -2.53. The molecule has 2 saturated heterocycles. The molecule has 2 aliphatic heterocycles. The molecule has 0 aromatic heterocycles. The van der Waals surface area contributed by atoms with Gasteiger partial charge >= 0.3 is 23.8 Å². The van der Waals surface area contributed by atoms with Crippen molar-refractivity contribution in [2.75, 3.05) is 19.6 Å². The van der Waals surface area contributed by atoms with Crippen LogP contribution >= 0.6 is 0 Å². The molecular weight excluding hydrogens is 280 g/mol. The molecule has 8 nitrogen and oxygen atoms in total. The number of amides is 2. The van der Waals surface area contributed by atoms with Crippen LogP contribution in [-0.4, -0.2) is 69.4 Å². The summed E-state index contributed by atoms with van der Waals surface area (Å²) in [5.41, 5.74) is 0. The summed E-state index contributed by atoms with van der Waals surface area (Å²) >= 11 is 0. The molecule has 2 heterocycles. The van der Waals surface area contributed by atoms with Crippen LogP contribution in [0, 0.1) is 5.92 Å². The number of likely N-dealkylation sites (tertiary alicyclic amines) is 2. The highest BCUT2D eigenvalue weighted by Crippen LogP contribution is 2.20. The van der Waals surface area contributed by atoms with E-state index in [-0.39, 0.29) is 19.6 Å². The average Bonchev–Trinajstić information content (AvgIpc) is 2.95. The summed E-state index contributed by atoms with van der Waals surface area (Å²) < 4.78 is 0. The predicted molar refractivity (Wildman–Crippen MR) is 69.3 cm³/mol. The van der Waals surface area contributed by atoms with Crippen LogP contribution in [0.25, 0.3) is 0 Å². The molecule has 2 amide bonds. The first-order valence-electron chi connectivity index (χ1n) is 6.97. The molecule has 2 fully saturated rings. The first-order valence-corrected chi connectivity index (χ1v) is 6.97. The van der Waals surface area contributed by atoms with Crippen LogP contribution < -0.4 is 0 Å². The molecule has 0 aliphatic carbocycles. The van der Waals surface area contributed by atoms with Crippen molar-refractivity contribution in [1.82, 2.24) is 9.80 Å². The van der Waals surface area contributed by atoms with E-state index >= 15 is 0 Å². The van der Waals surface area contributed by atoms with Crippen LogP contribution in [0.15, 0.2) is 0 Å². The van der Waals surface area contributed by atoms with Crippen molar-refractivity contribution in [2.24, 2.45) is 5.92 Å². The Bertz CT molecular complexity index is 477. The molecule has 0 radical (unpaired) electrons. The molecule has 0 spiro atoms. The molecule has 0 saturated carbocycles. The predicted octanol–water partition coefficient (Wildman–Crippen LogP) is -0.615. The second-order valence-electron chi connectivity index (χ2n) is 5.42. The Morgan fingerprint density at radius 1 is 0.857 bits per heavy atom. The summed E-state index contributed by atoms with van der Waals surface area (Å²) in [7, 11) is 0. The van der Waals surface area contributed by atoms with E-state index in [0.29, 0.717) is 25.7 Å². The number of nitrogens with zero attached hydrogens (tertiary/aromatic N) is 2. The third-order valence-corrected chi connectivity index (χ3v) is 4.06. The molecule has 1 unspecified atom stereocenters. The number of carboxylic acids is 2. The van der Waals surface area contributed by atoms with Gasteiger partial charge in [0, 0.05) is 19.6 Å². The molecule has 0 bridgehead atoms. The van der Waals surface area contributed by atoms with Crippen molar-refractivity contribution in [3.8, 4) is 0 Å². The minimum absolute atomic E-state index is 0.00544. The van der Waals surface area contributed by atoms with Crippen molar-refractivity contribution < 1.29 is 29.4 Å². The van der Waals surface area contributed by atoms with E-state index in [0.717, 1.165) is 4.90 Å². The molecular formula is C13H18N2O6. The Hall–Kier alpha value is -2.12. The van der Waals surface area contributed by atoms with Crippen LogP contribution in [0.3, 0.4) is 0 Å². The van der Waals surface area contributed by atoms with Crippen LogP contribution in [0.2, 0.25) is 0 Å². The van der Waals surface area contributed by atoms with Gasteiger partial charge in [-0.3, -0.25) is 14.4 Å². The number of carboxylic acid groups (broad SMARTS) is 2. The number of hydrogen-bond donors (Lipinski definition) is 2. The lowest BCUT2D eigenvalue weighted by Gasteiger charge is -2.33. The topological polar surface area (TPSA) is 115 Å². The van der Waals surface area contributed by atoms with Crippen LogP contribution in [-0.2, 0) is 19.2 Å². The van der Waals surface area contributed by atoms with Gasteiger partial charge in [0.1, 0.15) is 6.04 Å². The summed E-state index contributed by atoms with van der Waals surface area (Å²) in [5, 5.41) is 18.0. The molecule has 2 aliphatic rings. The highest BCUT2D eigenvalue weighted by molar-refractivity contribution is 6.35. The monoisotopic (exact) mass is 298 g/mol. The highest BCUT2D eigenvalue weighted by Gasteiger charge is 2.39. The number of hydrogen-bond acceptors (Lipinski definition) is 4. The second kappa shape index (κ2) is 6.11. The highest BCUT2D eigenvalue weighted by atomic mass is 16.4. The molecule has 2 atom stereocenters. The van der Waals surface area contributed by atoms with Crippen molar-refractivity contribution in [3.05, 3.63) is 0 Å². The van der Waals surface area contributed by atoms with Crippen molar-refractivity contribution in [2.45, 2.75) is 31.7 Å². The second-order valence-corrected chi connectivity index (χ2v) is 5.42. The molecule has 0 aromatic carbocycles. The Kier molecular flexibility index (Phi) is 4.44. The standard InChI is InChI=1S/C13H18N2O6/c16-10(14-6-4-8(7-14)12(18)19)11(17)15-5-2-1-3-9(15)13(20)21/h8-9H,1-7H2,(H,18,19)(H,20,21)/t8?,9-/m1/s1. The van der Waals surface area contributed by atoms with E-state index in [4.69, 9.17) is 10.2 Å². The molecule has 21 heavy (non-hydrogen) atoms.